The third-order valence-corrected chi connectivity index (χ3v) is 3.49. The zero-order valence-electron chi connectivity index (χ0n) is 13.4. The molecule has 0 fully saturated rings. The number of nitrogens with one attached hydrogen (secondary N) is 2. The number of nitrogens with zero attached hydrogens (tertiary/aromatic N) is 2. The van der Waals surface area contributed by atoms with E-state index in [1.807, 2.05) is 0 Å². The Labute approximate surface area is 143 Å². The fourth-order valence-electron chi connectivity index (χ4n) is 2.20. The molecule has 2 N–H and O–H groups in total. The maximum Gasteiger partial charge on any atom is 0.292 e. The third kappa shape index (κ3) is 4.50. The number of carbonyl (C=O) groups is 1. The Bertz CT molecular complexity index is 822. The molecule has 2 aromatic rings. The minimum absolute atomic E-state index is 0.0528. The molecule has 0 aromatic heterocycles. The van der Waals surface area contributed by atoms with Crippen LogP contribution < -0.4 is 10.6 Å². The molecule has 0 unspecified atom stereocenters. The lowest BCUT2D eigenvalue weighted by Crippen LogP contribution is -2.28. The van der Waals surface area contributed by atoms with E-state index in [1.165, 1.54) is 24.3 Å². The number of rotatable bonds is 7. The summed E-state index contributed by atoms with van der Waals surface area (Å²) in [5.74, 6) is -0.451. The molecule has 0 aliphatic carbocycles. The van der Waals surface area contributed by atoms with Gasteiger partial charge in [0.25, 0.3) is 17.3 Å². The SMILES string of the molecule is Cc1ccc(C(=O)NCCNc2ccccc2[N+](=O)[O-])cc1[N+](=O)[O-]. The average Bonchev–Trinajstić information content (AvgIpc) is 2.58. The largest absolute Gasteiger partial charge is 0.378 e. The van der Waals surface area contributed by atoms with Gasteiger partial charge in [0.2, 0.25) is 0 Å². The molecule has 0 atom stereocenters. The molecule has 1 amide bonds. The zero-order valence-corrected chi connectivity index (χ0v) is 13.4. The third-order valence-electron chi connectivity index (χ3n) is 3.49. The van der Waals surface area contributed by atoms with Crippen LogP contribution in [0, 0.1) is 27.2 Å². The lowest BCUT2D eigenvalue weighted by molar-refractivity contribution is -0.385. The number of nitro groups is 2. The molecular weight excluding hydrogens is 328 g/mol. The summed E-state index contributed by atoms with van der Waals surface area (Å²) in [5, 5.41) is 27.3. The maximum atomic E-state index is 12.0. The molecule has 0 radical (unpaired) electrons. The Morgan fingerprint density at radius 3 is 2.36 bits per heavy atom. The second kappa shape index (κ2) is 7.86. The monoisotopic (exact) mass is 344 g/mol. The summed E-state index contributed by atoms with van der Waals surface area (Å²) in [6, 6.07) is 10.4. The zero-order chi connectivity index (χ0) is 18.4. The molecule has 0 aliphatic heterocycles. The van der Waals surface area contributed by atoms with Crippen LogP contribution in [-0.2, 0) is 0 Å². The van der Waals surface area contributed by atoms with E-state index in [0.717, 1.165) is 0 Å². The van der Waals surface area contributed by atoms with Gasteiger partial charge in [-0.1, -0.05) is 18.2 Å². The van der Waals surface area contributed by atoms with E-state index in [-0.39, 0.29) is 30.0 Å². The summed E-state index contributed by atoms with van der Waals surface area (Å²) in [5.41, 5.74) is 0.837. The van der Waals surface area contributed by atoms with Crippen LogP contribution in [0.15, 0.2) is 42.5 Å². The Balaban J connectivity index is 1.92. The molecule has 25 heavy (non-hydrogen) atoms. The normalized spacial score (nSPS) is 10.1. The number of nitro benzene ring substituents is 2. The molecule has 0 aliphatic rings. The Morgan fingerprint density at radius 2 is 1.68 bits per heavy atom. The first kappa shape index (κ1) is 17.9. The molecule has 0 saturated heterocycles. The molecule has 0 saturated carbocycles. The number of anilines is 1. The first-order valence-corrected chi connectivity index (χ1v) is 7.40. The van der Waals surface area contributed by atoms with E-state index in [4.69, 9.17) is 0 Å². The van der Waals surface area contributed by atoms with Crippen LogP contribution in [0.25, 0.3) is 0 Å². The predicted octanol–water partition coefficient (Wildman–Crippen LogP) is 2.65. The molecule has 9 nitrogen and oxygen atoms in total. The van der Waals surface area contributed by atoms with Crippen molar-refractivity contribution in [1.29, 1.82) is 0 Å². The van der Waals surface area contributed by atoms with E-state index >= 15 is 0 Å². The smallest absolute Gasteiger partial charge is 0.292 e. The molecule has 0 heterocycles. The van der Waals surface area contributed by atoms with Gasteiger partial charge in [-0.3, -0.25) is 25.0 Å². The second-order valence-corrected chi connectivity index (χ2v) is 5.22. The average molecular weight is 344 g/mol. The minimum Gasteiger partial charge on any atom is -0.378 e. The molecule has 2 aromatic carbocycles. The number of amides is 1. The Morgan fingerprint density at radius 1 is 1.00 bits per heavy atom. The second-order valence-electron chi connectivity index (χ2n) is 5.22. The van der Waals surface area contributed by atoms with Crippen molar-refractivity contribution >= 4 is 23.0 Å². The number of aryl methyl sites for hydroxylation is 1. The Hall–Kier alpha value is -3.49. The number of para-hydroxylation sites is 2. The van der Waals surface area contributed by atoms with Gasteiger partial charge in [-0.05, 0) is 19.1 Å². The molecule has 2 rings (SSSR count). The summed E-state index contributed by atoms with van der Waals surface area (Å²) >= 11 is 0. The topological polar surface area (TPSA) is 127 Å². The fraction of sp³-hybridized carbons (Fsp3) is 0.188. The van der Waals surface area contributed by atoms with E-state index in [2.05, 4.69) is 10.6 Å². The summed E-state index contributed by atoms with van der Waals surface area (Å²) < 4.78 is 0. The van der Waals surface area contributed by atoms with Crippen molar-refractivity contribution < 1.29 is 14.6 Å². The fourth-order valence-corrected chi connectivity index (χ4v) is 2.20. The first-order chi connectivity index (χ1) is 11.9. The van der Waals surface area contributed by atoms with Crippen LogP contribution in [-0.4, -0.2) is 28.8 Å². The highest BCUT2D eigenvalue weighted by Gasteiger charge is 2.15. The van der Waals surface area contributed by atoms with E-state index < -0.39 is 15.8 Å². The van der Waals surface area contributed by atoms with Crippen LogP contribution in [0.3, 0.4) is 0 Å². The first-order valence-electron chi connectivity index (χ1n) is 7.40. The van der Waals surface area contributed by atoms with Crippen molar-refractivity contribution in [2.75, 3.05) is 18.4 Å². The number of hydrogen-bond donors (Lipinski definition) is 2. The van der Waals surface area contributed by atoms with Crippen molar-refractivity contribution in [1.82, 2.24) is 5.32 Å². The van der Waals surface area contributed by atoms with E-state index in [9.17, 15) is 25.0 Å². The summed E-state index contributed by atoms with van der Waals surface area (Å²) in [6.07, 6.45) is 0. The van der Waals surface area contributed by atoms with Gasteiger partial charge in [0.1, 0.15) is 5.69 Å². The maximum absolute atomic E-state index is 12.0. The van der Waals surface area contributed by atoms with Crippen molar-refractivity contribution in [3.63, 3.8) is 0 Å². The van der Waals surface area contributed by atoms with Crippen LogP contribution in [0.2, 0.25) is 0 Å². The summed E-state index contributed by atoms with van der Waals surface area (Å²) in [7, 11) is 0. The number of carbonyl (C=O) groups excluding carboxylic acids is 1. The number of benzene rings is 2. The quantitative estimate of drug-likeness (QED) is 0.451. The lowest BCUT2D eigenvalue weighted by Gasteiger charge is -2.08. The van der Waals surface area contributed by atoms with Crippen molar-refractivity contribution in [3.8, 4) is 0 Å². The molecule has 130 valence electrons. The highest BCUT2D eigenvalue weighted by molar-refractivity contribution is 5.95. The van der Waals surface area contributed by atoms with Gasteiger partial charge >= 0.3 is 0 Å². The lowest BCUT2D eigenvalue weighted by atomic mass is 10.1. The highest BCUT2D eigenvalue weighted by atomic mass is 16.6. The highest BCUT2D eigenvalue weighted by Crippen LogP contribution is 2.22. The van der Waals surface area contributed by atoms with E-state index in [1.54, 1.807) is 25.1 Å². The van der Waals surface area contributed by atoms with Gasteiger partial charge in [0, 0.05) is 36.3 Å². The molecular formula is C16H16N4O5. The van der Waals surface area contributed by atoms with Gasteiger partial charge in [-0.25, -0.2) is 0 Å². The molecule has 0 spiro atoms. The predicted molar refractivity (Wildman–Crippen MR) is 91.8 cm³/mol. The van der Waals surface area contributed by atoms with Gasteiger partial charge in [0.15, 0.2) is 0 Å². The molecule has 0 bridgehead atoms. The van der Waals surface area contributed by atoms with Gasteiger partial charge in [-0.2, -0.15) is 0 Å². The standard InChI is InChI=1S/C16H16N4O5/c1-11-6-7-12(10-15(11)20(24)25)16(21)18-9-8-17-13-4-2-3-5-14(13)19(22)23/h2-7,10,17H,8-9H2,1H3,(H,18,21). The van der Waals surface area contributed by atoms with Gasteiger partial charge in [-0.15, -0.1) is 0 Å². The van der Waals surface area contributed by atoms with Gasteiger partial charge in [0.05, 0.1) is 9.85 Å². The molecule has 9 heteroatoms. The number of hydrogen-bond acceptors (Lipinski definition) is 6. The van der Waals surface area contributed by atoms with Crippen molar-refractivity contribution in [2.45, 2.75) is 6.92 Å². The van der Waals surface area contributed by atoms with Gasteiger partial charge < -0.3 is 10.6 Å². The van der Waals surface area contributed by atoms with Crippen LogP contribution in [0.1, 0.15) is 15.9 Å². The van der Waals surface area contributed by atoms with Crippen molar-refractivity contribution in [2.24, 2.45) is 0 Å². The summed E-state index contributed by atoms with van der Waals surface area (Å²) in [4.78, 5) is 32.8. The van der Waals surface area contributed by atoms with E-state index in [0.29, 0.717) is 11.3 Å². The summed E-state index contributed by atoms with van der Waals surface area (Å²) in [6.45, 7) is 2.06. The van der Waals surface area contributed by atoms with Crippen LogP contribution in [0.5, 0.6) is 0 Å². The van der Waals surface area contributed by atoms with Crippen LogP contribution >= 0.6 is 0 Å². The minimum atomic E-state index is -0.539. The Kier molecular flexibility index (Phi) is 5.62. The van der Waals surface area contributed by atoms with Crippen molar-refractivity contribution in [3.05, 3.63) is 73.8 Å². The van der Waals surface area contributed by atoms with Crippen LogP contribution in [0.4, 0.5) is 17.1 Å².